The molecule has 3 aromatic rings. The lowest BCUT2D eigenvalue weighted by atomic mass is 9.91. The topological polar surface area (TPSA) is 128 Å². The summed E-state index contributed by atoms with van der Waals surface area (Å²) in [6, 6.07) is 13.4. The Morgan fingerprint density at radius 1 is 0.956 bits per heavy atom. The Bertz CT molecular complexity index is 1700. The highest BCUT2D eigenvalue weighted by atomic mass is 32.2. The molecule has 1 atom stereocenters. The summed E-state index contributed by atoms with van der Waals surface area (Å²) in [5, 5.41) is 8.17. The van der Waals surface area contributed by atoms with Crippen molar-refractivity contribution in [1.29, 1.82) is 0 Å². The van der Waals surface area contributed by atoms with E-state index in [-0.39, 0.29) is 46.4 Å². The maximum Gasteiger partial charge on any atom is 0.573 e. The quantitative estimate of drug-likeness (QED) is 0.283. The standard InChI is InChI=1S/C31H33F3N4O6S/c1-18(2)19-7-9-21(10-8-19)27(39)25-26(20-11-14-23(15-12-20)43-31(32,33)34)38(29(40)28(25)44-30(3,4)5)24-16-13-22(36-37-24)17-35-45(6,41)42/h7-16,18,26,35H,17H2,1-6H3. The van der Waals surface area contributed by atoms with Gasteiger partial charge in [0.15, 0.2) is 17.4 Å². The summed E-state index contributed by atoms with van der Waals surface area (Å²) in [5.74, 6) is -1.78. The van der Waals surface area contributed by atoms with E-state index in [2.05, 4.69) is 19.7 Å². The zero-order chi connectivity index (χ0) is 33.3. The third-order valence-electron chi connectivity index (χ3n) is 6.58. The van der Waals surface area contributed by atoms with Crippen molar-refractivity contribution in [3.63, 3.8) is 0 Å². The number of halogens is 3. The number of carbonyl (C=O) groups is 2. The Morgan fingerprint density at radius 2 is 1.58 bits per heavy atom. The van der Waals surface area contributed by atoms with Crippen LogP contribution in [-0.4, -0.2) is 48.5 Å². The third kappa shape index (κ3) is 8.45. The first-order valence-electron chi connectivity index (χ1n) is 13.9. The molecule has 1 N–H and O–H groups in total. The fraction of sp³-hybridized carbons (Fsp3) is 0.355. The summed E-state index contributed by atoms with van der Waals surface area (Å²) in [4.78, 5) is 29.5. The Balaban J connectivity index is 1.86. The highest BCUT2D eigenvalue weighted by Gasteiger charge is 2.47. The Labute approximate surface area is 259 Å². The van der Waals surface area contributed by atoms with Crippen LogP contribution in [0.1, 0.15) is 73.8 Å². The third-order valence-corrected chi connectivity index (χ3v) is 7.25. The number of nitrogens with one attached hydrogen (secondary N) is 1. The van der Waals surface area contributed by atoms with Crippen LogP contribution in [0.15, 0.2) is 72.0 Å². The molecule has 1 aliphatic heterocycles. The van der Waals surface area contributed by atoms with E-state index < -0.39 is 45.5 Å². The van der Waals surface area contributed by atoms with Gasteiger partial charge in [-0.25, -0.2) is 13.1 Å². The molecular formula is C31H33F3N4O6S. The predicted molar refractivity (Wildman–Crippen MR) is 160 cm³/mol. The molecule has 1 aliphatic rings. The van der Waals surface area contributed by atoms with E-state index in [0.717, 1.165) is 24.0 Å². The van der Waals surface area contributed by atoms with Crippen molar-refractivity contribution in [2.24, 2.45) is 0 Å². The number of ketones is 1. The Hall–Kier alpha value is -4.30. The van der Waals surface area contributed by atoms with Crippen molar-refractivity contribution in [3.05, 3.63) is 94.4 Å². The lowest BCUT2D eigenvalue weighted by Crippen LogP contribution is -2.33. The fourth-order valence-electron chi connectivity index (χ4n) is 4.59. The lowest BCUT2D eigenvalue weighted by Gasteiger charge is -2.26. The van der Waals surface area contributed by atoms with E-state index in [1.54, 1.807) is 32.9 Å². The van der Waals surface area contributed by atoms with E-state index in [4.69, 9.17) is 4.74 Å². The number of aromatic nitrogens is 2. The lowest BCUT2D eigenvalue weighted by molar-refractivity contribution is -0.274. The van der Waals surface area contributed by atoms with Gasteiger partial charge in [0, 0.05) is 5.56 Å². The maximum atomic E-state index is 14.2. The largest absolute Gasteiger partial charge is 0.573 e. The summed E-state index contributed by atoms with van der Waals surface area (Å²) in [7, 11) is -3.52. The number of ether oxygens (including phenoxy) is 2. The van der Waals surface area contributed by atoms with E-state index in [1.165, 1.54) is 29.2 Å². The molecule has 0 spiro atoms. The number of anilines is 1. The molecule has 45 heavy (non-hydrogen) atoms. The van der Waals surface area contributed by atoms with Gasteiger partial charge < -0.3 is 9.47 Å². The van der Waals surface area contributed by atoms with Gasteiger partial charge in [-0.2, -0.15) is 5.10 Å². The van der Waals surface area contributed by atoms with Gasteiger partial charge in [-0.3, -0.25) is 14.5 Å². The normalized spacial score (nSPS) is 16.0. The van der Waals surface area contributed by atoms with Gasteiger partial charge >= 0.3 is 6.36 Å². The number of benzene rings is 2. The number of alkyl halides is 3. The van der Waals surface area contributed by atoms with Crippen molar-refractivity contribution in [3.8, 4) is 5.75 Å². The van der Waals surface area contributed by atoms with E-state index >= 15 is 0 Å². The molecule has 0 bridgehead atoms. The fourth-order valence-corrected chi connectivity index (χ4v) is 5.00. The van der Waals surface area contributed by atoms with E-state index in [0.29, 0.717) is 0 Å². The second kappa shape index (κ2) is 12.6. The van der Waals surface area contributed by atoms with Gasteiger partial charge in [0.25, 0.3) is 5.91 Å². The zero-order valence-electron chi connectivity index (χ0n) is 25.5. The zero-order valence-corrected chi connectivity index (χ0v) is 26.3. The molecule has 1 aromatic heterocycles. The van der Waals surface area contributed by atoms with Crippen LogP contribution in [0.4, 0.5) is 19.0 Å². The first-order chi connectivity index (χ1) is 20.8. The van der Waals surface area contributed by atoms with Gasteiger partial charge in [-0.05, 0) is 62.1 Å². The highest BCUT2D eigenvalue weighted by molar-refractivity contribution is 7.88. The van der Waals surface area contributed by atoms with Crippen LogP contribution in [0, 0.1) is 0 Å². The van der Waals surface area contributed by atoms with E-state index in [1.807, 2.05) is 26.0 Å². The van der Waals surface area contributed by atoms with Crippen LogP contribution in [0.25, 0.3) is 0 Å². The molecule has 0 saturated carbocycles. The molecule has 0 fully saturated rings. The molecule has 2 heterocycles. The minimum Gasteiger partial charge on any atom is -0.482 e. The molecule has 0 aliphatic carbocycles. The number of nitrogens with zero attached hydrogens (tertiary/aromatic N) is 3. The molecule has 10 nitrogen and oxygen atoms in total. The number of sulfonamides is 1. The number of amides is 1. The molecule has 240 valence electrons. The average Bonchev–Trinajstić information content (AvgIpc) is 3.21. The van der Waals surface area contributed by atoms with Crippen molar-refractivity contribution in [1.82, 2.24) is 14.9 Å². The number of hydrogen-bond donors (Lipinski definition) is 1. The molecule has 2 aromatic carbocycles. The van der Waals surface area contributed by atoms with Crippen LogP contribution < -0.4 is 14.4 Å². The van der Waals surface area contributed by atoms with Crippen LogP contribution >= 0.6 is 0 Å². The molecule has 14 heteroatoms. The van der Waals surface area contributed by atoms with E-state index in [9.17, 15) is 31.2 Å². The SMILES string of the molecule is CC(C)c1ccc(C(=O)C2=C(OC(C)(C)C)C(=O)N(c3ccc(CNS(C)(=O)=O)nn3)C2c2ccc(OC(F)(F)F)cc2)cc1. The minimum atomic E-state index is -4.92. The Morgan fingerprint density at radius 3 is 2.07 bits per heavy atom. The summed E-state index contributed by atoms with van der Waals surface area (Å²) >= 11 is 0. The van der Waals surface area contributed by atoms with Crippen LogP contribution in [-0.2, 0) is 26.1 Å². The predicted octanol–water partition coefficient (Wildman–Crippen LogP) is 5.59. The molecule has 0 saturated heterocycles. The van der Waals surface area contributed by atoms with Gasteiger partial charge in [-0.15, -0.1) is 18.3 Å². The number of hydrogen-bond acceptors (Lipinski definition) is 8. The van der Waals surface area contributed by atoms with Crippen molar-refractivity contribution in [2.45, 2.75) is 65.1 Å². The molecule has 4 rings (SSSR count). The number of rotatable bonds is 10. The summed E-state index contributed by atoms with van der Waals surface area (Å²) in [6.45, 7) is 8.98. The van der Waals surface area contributed by atoms with Gasteiger partial charge in [0.05, 0.1) is 30.1 Å². The summed E-state index contributed by atoms with van der Waals surface area (Å²) < 4.78 is 74.1. The average molecular weight is 647 g/mol. The van der Waals surface area contributed by atoms with Crippen LogP contribution in [0.5, 0.6) is 5.75 Å². The van der Waals surface area contributed by atoms with Gasteiger partial charge in [0.2, 0.25) is 10.0 Å². The molecule has 0 radical (unpaired) electrons. The molecular weight excluding hydrogens is 613 g/mol. The first kappa shape index (κ1) is 33.6. The first-order valence-corrected chi connectivity index (χ1v) is 15.8. The Kier molecular flexibility index (Phi) is 9.40. The minimum absolute atomic E-state index is 0.00307. The smallest absolute Gasteiger partial charge is 0.482 e. The highest BCUT2D eigenvalue weighted by Crippen LogP contribution is 2.44. The van der Waals surface area contributed by atoms with Crippen molar-refractivity contribution in [2.75, 3.05) is 11.2 Å². The summed E-state index contributed by atoms with van der Waals surface area (Å²) in [5.41, 5.74) is 0.832. The molecule has 1 amide bonds. The monoisotopic (exact) mass is 646 g/mol. The van der Waals surface area contributed by atoms with Crippen molar-refractivity contribution < 1.29 is 40.7 Å². The second-order valence-electron chi connectivity index (χ2n) is 11.7. The maximum absolute atomic E-state index is 14.2. The van der Waals surface area contributed by atoms with Gasteiger partial charge in [-0.1, -0.05) is 50.2 Å². The second-order valence-corrected chi connectivity index (χ2v) is 13.6. The number of carbonyl (C=O) groups excluding carboxylic acids is 2. The van der Waals surface area contributed by atoms with Crippen LogP contribution in [0.3, 0.4) is 0 Å². The van der Waals surface area contributed by atoms with Crippen molar-refractivity contribution >= 4 is 27.5 Å². The van der Waals surface area contributed by atoms with Gasteiger partial charge in [0.1, 0.15) is 11.4 Å². The number of Topliss-reactive ketones (excluding diaryl/α,β-unsaturated/α-hetero) is 1. The summed E-state index contributed by atoms with van der Waals surface area (Å²) in [6.07, 6.45) is -3.93. The molecule has 1 unspecified atom stereocenters. The van der Waals surface area contributed by atoms with Crippen LogP contribution in [0.2, 0.25) is 0 Å².